The minimum Gasteiger partial charge on any atom is -0.275 e. The second-order valence-electron chi connectivity index (χ2n) is 11.3. The third kappa shape index (κ3) is 8.41. The second-order valence-corrected chi connectivity index (χ2v) is 16.0. The zero-order valence-electron chi connectivity index (χ0n) is 24.6. The van der Waals surface area contributed by atoms with Gasteiger partial charge in [-0.3, -0.25) is 4.67 Å². The van der Waals surface area contributed by atoms with Crippen LogP contribution in [0.15, 0.2) is 121 Å². The average Bonchev–Trinajstić information content (AvgIpc) is 3.76. The van der Waals surface area contributed by atoms with Gasteiger partial charge >= 0.3 is 17.1 Å². The molecule has 0 N–H and O–H groups in total. The van der Waals surface area contributed by atoms with Crippen molar-refractivity contribution >= 4 is 37.2 Å². The molecule has 2 unspecified atom stereocenters. The van der Waals surface area contributed by atoms with Crippen LogP contribution in [0.5, 0.6) is 0 Å². The Balaban J connectivity index is 0.000000584. The first-order valence-corrected chi connectivity index (χ1v) is 18.0. The van der Waals surface area contributed by atoms with Gasteiger partial charge in [0, 0.05) is 14.1 Å². The molecular formula is C37H45FeNP2+2. The van der Waals surface area contributed by atoms with E-state index in [1.54, 1.807) is 0 Å². The van der Waals surface area contributed by atoms with Gasteiger partial charge in [-0.05, 0) is 67.5 Å². The van der Waals surface area contributed by atoms with Gasteiger partial charge < -0.3 is 0 Å². The van der Waals surface area contributed by atoms with Gasteiger partial charge in [0.2, 0.25) is 0 Å². The summed E-state index contributed by atoms with van der Waals surface area (Å²) in [6.07, 6.45) is 11.5. The summed E-state index contributed by atoms with van der Waals surface area (Å²) in [5.41, 5.74) is 0.704. The fourth-order valence-corrected chi connectivity index (χ4v) is 12.3. The molecule has 6 rings (SSSR count). The summed E-state index contributed by atoms with van der Waals surface area (Å²) in [5, 5.41) is 5.92. The molecule has 2 aliphatic carbocycles. The maximum Gasteiger partial charge on any atom is 2.00 e. The molecule has 41 heavy (non-hydrogen) atoms. The van der Waals surface area contributed by atoms with E-state index < -0.39 is 16.0 Å². The molecular weight excluding hydrogens is 576 g/mol. The van der Waals surface area contributed by atoms with Crippen LogP contribution >= 0.6 is 16.0 Å². The number of nitrogens with zero attached hydrogens (tertiary/aromatic N) is 1. The Labute approximate surface area is 262 Å². The molecule has 4 heteroatoms. The number of hydrogen-bond donors (Lipinski definition) is 0. The van der Waals surface area contributed by atoms with E-state index in [9.17, 15) is 0 Å². The maximum atomic E-state index is 2.71. The van der Waals surface area contributed by atoms with Gasteiger partial charge in [0.05, 0.1) is 0 Å². The fraction of sp³-hybridized carbons (Fsp3) is 0.351. The van der Waals surface area contributed by atoms with Crippen molar-refractivity contribution in [3.8, 4) is 0 Å². The van der Waals surface area contributed by atoms with Crippen LogP contribution in [0, 0.1) is 5.92 Å². The zero-order valence-corrected chi connectivity index (χ0v) is 27.5. The second kappa shape index (κ2) is 16.8. The quantitative estimate of drug-likeness (QED) is 0.141. The smallest absolute Gasteiger partial charge is 0.275 e. The van der Waals surface area contributed by atoms with Crippen molar-refractivity contribution in [1.82, 2.24) is 4.67 Å². The first-order valence-electron chi connectivity index (χ1n) is 15.3. The summed E-state index contributed by atoms with van der Waals surface area (Å²) in [7, 11) is 1.40. The van der Waals surface area contributed by atoms with Crippen LogP contribution in [0.25, 0.3) is 0 Å². The van der Waals surface area contributed by atoms with Gasteiger partial charge in [0.15, 0.2) is 0 Å². The predicted molar refractivity (Wildman–Crippen MR) is 180 cm³/mol. The Kier molecular flexibility index (Phi) is 13.1. The SMILES string of the molecule is C1CCCC1.C[C@H](C1CCCC1P(c1ccccc1)c1ccccc1)N(C)P(c1ccccc1)c1ccccc1.[Fe+2]. The van der Waals surface area contributed by atoms with Crippen molar-refractivity contribution in [1.29, 1.82) is 0 Å². The summed E-state index contributed by atoms with van der Waals surface area (Å²) in [4.78, 5) is 0. The van der Waals surface area contributed by atoms with Crippen molar-refractivity contribution in [2.75, 3.05) is 7.05 Å². The molecule has 1 nitrogen and oxygen atoms in total. The standard InChI is InChI=1S/C32H35NP2.C5H10.Fe/c1-26(33(2)35(29-20-11-5-12-21-29)30-22-13-6-14-23-30)31-24-15-25-32(31)34(27-16-7-3-8-17-27)28-18-9-4-10-19-28;1-2-4-5-3-1;/h3-14,16-23,26,31-32H,15,24-25H2,1-2H3;1-5H2;/q;;+2/t26-,31?,32?;;/m1../s1. The van der Waals surface area contributed by atoms with E-state index in [1.807, 2.05) is 0 Å². The van der Waals surface area contributed by atoms with Crippen molar-refractivity contribution in [2.45, 2.75) is 70.0 Å². The predicted octanol–water partition coefficient (Wildman–Crippen LogP) is 8.60. The van der Waals surface area contributed by atoms with Crippen LogP contribution in [-0.4, -0.2) is 23.4 Å². The van der Waals surface area contributed by atoms with E-state index in [-0.39, 0.29) is 17.1 Å². The van der Waals surface area contributed by atoms with E-state index in [4.69, 9.17) is 0 Å². The Hall–Kier alpha value is -1.78. The summed E-state index contributed by atoms with van der Waals surface area (Å²) >= 11 is 0. The Morgan fingerprint density at radius 2 is 0.902 bits per heavy atom. The summed E-state index contributed by atoms with van der Waals surface area (Å²) in [5.74, 6) is 0.684. The number of hydrogen-bond acceptors (Lipinski definition) is 1. The minimum absolute atomic E-state index is 0. The Morgan fingerprint density at radius 3 is 1.29 bits per heavy atom. The molecule has 4 aromatic rings. The van der Waals surface area contributed by atoms with E-state index in [0.29, 0.717) is 17.6 Å². The van der Waals surface area contributed by atoms with Crippen LogP contribution < -0.4 is 21.2 Å². The first kappa shape index (κ1) is 32.1. The topological polar surface area (TPSA) is 3.24 Å². The largest absolute Gasteiger partial charge is 2.00 e. The van der Waals surface area contributed by atoms with Crippen LogP contribution in [0.2, 0.25) is 0 Å². The van der Waals surface area contributed by atoms with Crippen molar-refractivity contribution in [3.63, 3.8) is 0 Å². The normalized spacial score (nSPS) is 19.0. The van der Waals surface area contributed by atoms with E-state index in [2.05, 4.69) is 140 Å². The van der Waals surface area contributed by atoms with Crippen molar-refractivity contribution in [2.24, 2.45) is 5.92 Å². The molecule has 0 amide bonds. The van der Waals surface area contributed by atoms with E-state index in [0.717, 1.165) is 0 Å². The van der Waals surface area contributed by atoms with Crippen molar-refractivity contribution in [3.05, 3.63) is 121 Å². The average molecular weight is 622 g/mol. The van der Waals surface area contributed by atoms with Gasteiger partial charge in [0.25, 0.3) is 0 Å². The van der Waals surface area contributed by atoms with Crippen LogP contribution in [0.4, 0.5) is 0 Å². The Bertz CT molecular complexity index is 1160. The Morgan fingerprint density at radius 1 is 0.537 bits per heavy atom. The van der Waals surface area contributed by atoms with E-state index in [1.165, 1.54) is 72.6 Å². The first-order chi connectivity index (χ1) is 19.7. The molecule has 4 aromatic carbocycles. The van der Waals surface area contributed by atoms with Gasteiger partial charge in [-0.15, -0.1) is 0 Å². The minimum atomic E-state index is -0.574. The molecule has 2 saturated carbocycles. The molecule has 3 atom stereocenters. The molecule has 2 fully saturated rings. The number of rotatable bonds is 8. The molecule has 2 aliphatic rings. The summed E-state index contributed by atoms with van der Waals surface area (Å²) in [6, 6.07) is 45.4. The number of benzene rings is 4. The summed E-state index contributed by atoms with van der Waals surface area (Å²) < 4.78 is 2.71. The van der Waals surface area contributed by atoms with Gasteiger partial charge in [-0.1, -0.05) is 160 Å². The third-order valence-corrected chi connectivity index (χ3v) is 14.3. The zero-order chi connectivity index (χ0) is 27.6. The van der Waals surface area contributed by atoms with Crippen LogP contribution in [0.1, 0.15) is 58.3 Å². The molecule has 0 radical (unpaired) electrons. The van der Waals surface area contributed by atoms with Gasteiger partial charge in [0.1, 0.15) is 0 Å². The molecule has 0 aliphatic heterocycles. The van der Waals surface area contributed by atoms with Gasteiger partial charge in [-0.2, -0.15) is 0 Å². The molecule has 0 spiro atoms. The van der Waals surface area contributed by atoms with E-state index >= 15 is 0 Å². The molecule has 214 valence electrons. The molecule has 0 aromatic heterocycles. The fourth-order valence-electron chi connectivity index (χ4n) is 6.56. The third-order valence-electron chi connectivity index (χ3n) is 8.71. The monoisotopic (exact) mass is 621 g/mol. The molecule has 0 heterocycles. The summed E-state index contributed by atoms with van der Waals surface area (Å²) in [6.45, 7) is 2.49. The van der Waals surface area contributed by atoms with Crippen LogP contribution in [0.3, 0.4) is 0 Å². The molecule has 0 bridgehead atoms. The molecule has 0 saturated heterocycles. The van der Waals surface area contributed by atoms with Crippen molar-refractivity contribution < 1.29 is 17.1 Å². The maximum absolute atomic E-state index is 2.71. The van der Waals surface area contributed by atoms with Gasteiger partial charge in [-0.25, -0.2) is 0 Å². The van der Waals surface area contributed by atoms with Crippen LogP contribution in [-0.2, 0) is 17.1 Å².